The van der Waals surface area contributed by atoms with Gasteiger partial charge in [0, 0.05) is 13.0 Å². The van der Waals surface area contributed by atoms with Gasteiger partial charge in [0.1, 0.15) is 6.10 Å². The average Bonchev–Trinajstić information content (AvgIpc) is 3.25. The Morgan fingerprint density at radius 2 is 0.650 bits per heavy atom. The summed E-state index contributed by atoms with van der Waals surface area (Å²) in [6.07, 6.45) is 67.6. The van der Waals surface area contributed by atoms with E-state index in [1.807, 2.05) is 0 Å². The zero-order valence-electron chi connectivity index (χ0n) is 41.3. The van der Waals surface area contributed by atoms with Gasteiger partial charge in [-0.2, -0.15) is 0 Å². The molecular formula is C56H110O4. The molecule has 0 radical (unpaired) electrons. The first-order valence-electron chi connectivity index (χ1n) is 27.8. The van der Waals surface area contributed by atoms with Crippen molar-refractivity contribution in [2.24, 2.45) is 0 Å². The lowest BCUT2D eigenvalue weighted by atomic mass is 10.0. The number of hydrogen-bond acceptors (Lipinski definition) is 4. The molecule has 0 fully saturated rings. The topological polar surface area (TPSA) is 55.8 Å². The molecule has 0 saturated carbocycles. The number of carbonyl (C=O) groups excluding carboxylic acids is 1. The molecule has 0 rings (SSSR count). The van der Waals surface area contributed by atoms with E-state index in [4.69, 9.17) is 9.47 Å². The first-order chi connectivity index (χ1) is 29.7. The largest absolute Gasteiger partial charge is 0.457 e. The Bertz CT molecular complexity index is 811. The molecule has 0 heterocycles. The molecule has 0 aliphatic heterocycles. The molecular weight excluding hydrogens is 737 g/mol. The maximum absolute atomic E-state index is 12.3. The van der Waals surface area contributed by atoms with Crippen LogP contribution in [0.1, 0.15) is 316 Å². The first kappa shape index (κ1) is 59.1. The van der Waals surface area contributed by atoms with E-state index in [2.05, 4.69) is 26.0 Å². The molecule has 0 aliphatic rings. The molecule has 4 nitrogen and oxygen atoms in total. The highest BCUT2D eigenvalue weighted by molar-refractivity contribution is 5.69. The zero-order valence-corrected chi connectivity index (χ0v) is 41.3. The number of ether oxygens (including phenoxy) is 2. The summed E-state index contributed by atoms with van der Waals surface area (Å²) in [6.45, 7) is 5.41. The Kier molecular flexibility index (Phi) is 53.5. The molecule has 0 spiro atoms. The Morgan fingerprint density at radius 3 is 0.950 bits per heavy atom. The van der Waals surface area contributed by atoms with E-state index in [1.54, 1.807) is 0 Å². The number of allylic oxidation sites excluding steroid dienone is 2. The lowest BCUT2D eigenvalue weighted by Gasteiger charge is -2.16. The van der Waals surface area contributed by atoms with E-state index in [-0.39, 0.29) is 12.6 Å². The van der Waals surface area contributed by atoms with Crippen LogP contribution in [0.25, 0.3) is 0 Å². The second-order valence-electron chi connectivity index (χ2n) is 19.0. The minimum absolute atomic E-state index is 0.165. The van der Waals surface area contributed by atoms with Gasteiger partial charge in [0.25, 0.3) is 0 Å². The number of carbonyl (C=O) groups is 1. The fraction of sp³-hybridized carbons (Fsp3) is 0.946. The summed E-state index contributed by atoms with van der Waals surface area (Å²) in [6, 6.07) is 0. The van der Waals surface area contributed by atoms with Crippen LogP contribution in [-0.2, 0) is 14.3 Å². The molecule has 0 aliphatic carbocycles. The SMILES string of the molecule is CCCCCCCCCC/C=C\CCCCCCCCCCCCCCOCC(CO)OC(=O)CCCCCCCCCCCCCCCCCCCCCCCCCC. The second kappa shape index (κ2) is 54.3. The summed E-state index contributed by atoms with van der Waals surface area (Å²) in [5, 5.41) is 9.67. The molecule has 1 atom stereocenters. The summed E-state index contributed by atoms with van der Waals surface area (Å²) < 4.78 is 11.2. The Hall–Kier alpha value is -0.870. The van der Waals surface area contributed by atoms with Crippen LogP contribution in [0, 0.1) is 0 Å². The molecule has 0 aromatic heterocycles. The third kappa shape index (κ3) is 51.5. The van der Waals surface area contributed by atoms with Crippen molar-refractivity contribution in [3.8, 4) is 0 Å². The van der Waals surface area contributed by atoms with Crippen molar-refractivity contribution in [2.75, 3.05) is 19.8 Å². The zero-order chi connectivity index (χ0) is 43.3. The fourth-order valence-electron chi connectivity index (χ4n) is 8.68. The van der Waals surface area contributed by atoms with Crippen molar-refractivity contribution in [1.82, 2.24) is 0 Å². The van der Waals surface area contributed by atoms with E-state index < -0.39 is 6.10 Å². The summed E-state index contributed by atoms with van der Waals surface area (Å²) in [7, 11) is 0. The van der Waals surface area contributed by atoms with Gasteiger partial charge in [-0.05, 0) is 38.5 Å². The van der Waals surface area contributed by atoms with E-state index in [1.165, 1.54) is 276 Å². The monoisotopic (exact) mass is 847 g/mol. The van der Waals surface area contributed by atoms with Crippen LogP contribution in [0.5, 0.6) is 0 Å². The standard InChI is InChI=1S/C56H110O4/c1-3-5-7-9-11-13-15-17-19-21-23-25-27-29-31-33-35-37-39-41-43-45-47-49-51-56(58)60-55(53-57)54-59-52-50-48-46-44-42-40-38-36-34-32-30-28-26-24-22-20-18-16-14-12-10-8-6-4-2/h22,24,55,57H,3-21,23,25-54H2,1-2H3/b24-22-. The van der Waals surface area contributed by atoms with Crippen LogP contribution in [0.4, 0.5) is 0 Å². The van der Waals surface area contributed by atoms with Gasteiger partial charge in [-0.25, -0.2) is 0 Å². The molecule has 0 aromatic rings. The van der Waals surface area contributed by atoms with Gasteiger partial charge in [-0.15, -0.1) is 0 Å². The van der Waals surface area contributed by atoms with Crippen LogP contribution in [0.3, 0.4) is 0 Å². The fourth-order valence-corrected chi connectivity index (χ4v) is 8.68. The normalized spacial score (nSPS) is 12.2. The molecule has 0 saturated heterocycles. The van der Waals surface area contributed by atoms with Crippen molar-refractivity contribution in [1.29, 1.82) is 0 Å². The van der Waals surface area contributed by atoms with Gasteiger partial charge in [-0.1, -0.05) is 283 Å². The van der Waals surface area contributed by atoms with Crippen molar-refractivity contribution in [2.45, 2.75) is 322 Å². The van der Waals surface area contributed by atoms with Crippen LogP contribution in [0.2, 0.25) is 0 Å². The minimum Gasteiger partial charge on any atom is -0.457 e. The quantitative estimate of drug-likeness (QED) is 0.0376. The predicted molar refractivity (Wildman–Crippen MR) is 265 cm³/mol. The number of hydrogen-bond donors (Lipinski definition) is 1. The Labute approximate surface area is 377 Å². The lowest BCUT2D eigenvalue weighted by molar-refractivity contribution is -0.154. The van der Waals surface area contributed by atoms with Gasteiger partial charge in [-0.3, -0.25) is 4.79 Å². The summed E-state index contributed by atoms with van der Waals surface area (Å²) in [5.41, 5.74) is 0. The summed E-state index contributed by atoms with van der Waals surface area (Å²) in [4.78, 5) is 12.3. The highest BCUT2D eigenvalue weighted by Gasteiger charge is 2.13. The average molecular weight is 847 g/mol. The van der Waals surface area contributed by atoms with Gasteiger partial charge in [0.15, 0.2) is 0 Å². The van der Waals surface area contributed by atoms with E-state index in [0.29, 0.717) is 19.6 Å². The predicted octanol–water partition coefficient (Wildman–Crippen LogP) is 18.8. The molecule has 358 valence electrons. The molecule has 1 N–H and O–H groups in total. The van der Waals surface area contributed by atoms with Crippen LogP contribution in [0.15, 0.2) is 12.2 Å². The van der Waals surface area contributed by atoms with Gasteiger partial charge >= 0.3 is 5.97 Å². The number of aliphatic hydroxyl groups excluding tert-OH is 1. The van der Waals surface area contributed by atoms with Crippen LogP contribution in [-0.4, -0.2) is 37.0 Å². The third-order valence-corrected chi connectivity index (χ3v) is 12.8. The van der Waals surface area contributed by atoms with Crippen molar-refractivity contribution >= 4 is 5.97 Å². The molecule has 0 aromatic carbocycles. The molecule has 1 unspecified atom stereocenters. The number of aliphatic hydroxyl groups is 1. The maximum Gasteiger partial charge on any atom is 0.306 e. The van der Waals surface area contributed by atoms with E-state index in [9.17, 15) is 9.90 Å². The van der Waals surface area contributed by atoms with Crippen LogP contribution >= 0.6 is 0 Å². The summed E-state index contributed by atoms with van der Waals surface area (Å²) >= 11 is 0. The molecule has 0 bridgehead atoms. The van der Waals surface area contributed by atoms with Crippen LogP contribution < -0.4 is 0 Å². The summed E-state index contributed by atoms with van der Waals surface area (Å²) in [5.74, 6) is -0.191. The minimum atomic E-state index is -0.530. The highest BCUT2D eigenvalue weighted by Crippen LogP contribution is 2.17. The molecule has 4 heteroatoms. The molecule has 60 heavy (non-hydrogen) atoms. The third-order valence-electron chi connectivity index (χ3n) is 12.8. The Morgan fingerprint density at radius 1 is 0.383 bits per heavy atom. The number of rotatable bonds is 53. The number of unbranched alkanes of at least 4 members (excludes halogenated alkanes) is 43. The molecule has 0 amide bonds. The lowest BCUT2D eigenvalue weighted by Crippen LogP contribution is -2.27. The van der Waals surface area contributed by atoms with Gasteiger partial charge in [0.2, 0.25) is 0 Å². The van der Waals surface area contributed by atoms with Gasteiger partial charge in [0.05, 0.1) is 13.2 Å². The van der Waals surface area contributed by atoms with E-state index >= 15 is 0 Å². The first-order valence-corrected chi connectivity index (χ1v) is 27.8. The van der Waals surface area contributed by atoms with Crippen molar-refractivity contribution < 1.29 is 19.4 Å². The van der Waals surface area contributed by atoms with Gasteiger partial charge < -0.3 is 14.6 Å². The van der Waals surface area contributed by atoms with Crippen molar-refractivity contribution in [3.63, 3.8) is 0 Å². The smallest absolute Gasteiger partial charge is 0.306 e. The Balaban J connectivity index is 3.33. The highest BCUT2D eigenvalue weighted by atomic mass is 16.6. The second-order valence-corrected chi connectivity index (χ2v) is 19.0. The number of esters is 1. The van der Waals surface area contributed by atoms with Crippen molar-refractivity contribution in [3.05, 3.63) is 12.2 Å². The van der Waals surface area contributed by atoms with E-state index in [0.717, 1.165) is 19.3 Å². The maximum atomic E-state index is 12.3.